The Morgan fingerprint density at radius 3 is 2.02 bits per heavy atom. The maximum Gasteiger partial charge on any atom is 0.315 e. The lowest BCUT2D eigenvalue weighted by molar-refractivity contribution is 0.0470. The zero-order valence-corrected chi connectivity index (χ0v) is 26.6. The Morgan fingerprint density at radius 1 is 0.841 bits per heavy atom. The number of hydrogen-bond donors (Lipinski definition) is 3. The fourth-order valence-electron chi connectivity index (χ4n) is 7.02. The van der Waals surface area contributed by atoms with Crippen molar-refractivity contribution in [3.8, 4) is 0 Å². The van der Waals surface area contributed by atoms with Crippen molar-refractivity contribution in [2.75, 3.05) is 19.6 Å². The number of aliphatic hydroxyl groups is 1. The van der Waals surface area contributed by atoms with E-state index in [-0.39, 0.29) is 23.8 Å². The topological polar surface area (TPSA) is 81.7 Å². The third-order valence-electron chi connectivity index (χ3n) is 9.85. The first-order chi connectivity index (χ1) is 21.2. The maximum atomic E-state index is 13.1. The normalized spacial score (nSPS) is 19.9. The van der Waals surface area contributed by atoms with Gasteiger partial charge in [0.1, 0.15) is 5.60 Å². The van der Waals surface area contributed by atoms with E-state index in [9.17, 15) is 14.7 Å². The molecular formula is C38H49N3O3. The van der Waals surface area contributed by atoms with Crippen LogP contribution in [0.25, 0.3) is 0 Å². The molecule has 0 aromatic heterocycles. The predicted octanol–water partition coefficient (Wildman–Crippen LogP) is 6.50. The van der Waals surface area contributed by atoms with Crippen molar-refractivity contribution in [1.82, 2.24) is 15.5 Å². The number of nitrogens with one attached hydrogen (secondary N) is 2. The van der Waals surface area contributed by atoms with Crippen LogP contribution >= 0.6 is 0 Å². The maximum absolute atomic E-state index is 13.1. The van der Waals surface area contributed by atoms with E-state index in [1.807, 2.05) is 87.5 Å². The average Bonchev–Trinajstić information content (AvgIpc) is 3.26. The van der Waals surface area contributed by atoms with Gasteiger partial charge in [-0.15, -0.1) is 0 Å². The number of fused-ring (bicyclic) bond motifs is 1. The Kier molecular flexibility index (Phi) is 10.5. The molecule has 1 atom stereocenters. The Hall–Kier alpha value is -3.48. The van der Waals surface area contributed by atoms with Crippen molar-refractivity contribution < 1.29 is 14.7 Å². The van der Waals surface area contributed by atoms with Crippen molar-refractivity contribution in [3.05, 3.63) is 107 Å². The molecule has 3 aromatic rings. The lowest BCUT2D eigenvalue weighted by atomic mass is 9.81. The molecule has 6 nitrogen and oxygen atoms in total. The number of carbonyl (C=O) groups is 2. The number of hydrogen-bond acceptors (Lipinski definition) is 4. The number of benzene rings is 3. The first kappa shape index (κ1) is 31.9. The SMILES string of the molecule is CC(C)C(=O)c1ccc2c(c1)CCN(CCC1CCC(NC(=O)NC(C)C(O)(c3ccccc3)c3ccccc3)CC1)CC2. The molecule has 3 aromatic carbocycles. The fraction of sp³-hybridized carbons (Fsp3) is 0.474. The van der Waals surface area contributed by atoms with Gasteiger partial charge in [-0.1, -0.05) is 86.6 Å². The molecule has 0 radical (unpaired) electrons. The molecule has 3 N–H and O–H groups in total. The van der Waals surface area contributed by atoms with Crippen LogP contribution in [0.2, 0.25) is 0 Å². The smallest absolute Gasteiger partial charge is 0.315 e. The van der Waals surface area contributed by atoms with E-state index in [4.69, 9.17) is 0 Å². The molecule has 2 amide bonds. The van der Waals surface area contributed by atoms with Gasteiger partial charge in [0, 0.05) is 30.6 Å². The predicted molar refractivity (Wildman–Crippen MR) is 177 cm³/mol. The van der Waals surface area contributed by atoms with E-state index in [0.29, 0.717) is 5.92 Å². The monoisotopic (exact) mass is 595 g/mol. The summed E-state index contributed by atoms with van der Waals surface area (Å²) in [7, 11) is 0. The number of carbonyl (C=O) groups excluding carboxylic acids is 2. The van der Waals surface area contributed by atoms with Gasteiger partial charge in [0.05, 0.1) is 6.04 Å². The number of amides is 2. The van der Waals surface area contributed by atoms with Crippen molar-refractivity contribution in [3.63, 3.8) is 0 Å². The number of nitrogens with zero attached hydrogens (tertiary/aromatic N) is 1. The quantitative estimate of drug-likeness (QED) is 0.234. The molecule has 44 heavy (non-hydrogen) atoms. The van der Waals surface area contributed by atoms with Crippen LogP contribution in [-0.2, 0) is 18.4 Å². The van der Waals surface area contributed by atoms with E-state index < -0.39 is 11.6 Å². The largest absolute Gasteiger partial charge is 0.378 e. The highest BCUT2D eigenvalue weighted by molar-refractivity contribution is 5.97. The molecule has 0 bridgehead atoms. The van der Waals surface area contributed by atoms with Gasteiger partial charge in [0.2, 0.25) is 0 Å². The summed E-state index contributed by atoms with van der Waals surface area (Å²) in [6.07, 6.45) is 7.42. The first-order valence-electron chi connectivity index (χ1n) is 16.5. The summed E-state index contributed by atoms with van der Waals surface area (Å²) >= 11 is 0. The second-order valence-corrected chi connectivity index (χ2v) is 13.2. The molecular weight excluding hydrogens is 546 g/mol. The van der Waals surface area contributed by atoms with E-state index >= 15 is 0 Å². The van der Waals surface area contributed by atoms with Gasteiger partial charge in [0.15, 0.2) is 5.78 Å². The van der Waals surface area contributed by atoms with Gasteiger partial charge >= 0.3 is 6.03 Å². The summed E-state index contributed by atoms with van der Waals surface area (Å²) in [4.78, 5) is 28.2. The summed E-state index contributed by atoms with van der Waals surface area (Å²) in [6.45, 7) is 9.01. The van der Waals surface area contributed by atoms with Crippen LogP contribution in [0.3, 0.4) is 0 Å². The zero-order valence-electron chi connectivity index (χ0n) is 26.6. The molecule has 1 unspecified atom stereocenters. The van der Waals surface area contributed by atoms with Crippen molar-refractivity contribution in [2.45, 2.75) is 83.4 Å². The summed E-state index contributed by atoms with van der Waals surface area (Å²) < 4.78 is 0. The minimum absolute atomic E-state index is 0.0258. The molecule has 1 saturated carbocycles. The van der Waals surface area contributed by atoms with Crippen LogP contribution in [0, 0.1) is 11.8 Å². The Bertz CT molecular complexity index is 1340. The summed E-state index contributed by atoms with van der Waals surface area (Å²) in [5.41, 5.74) is 3.73. The second kappa shape index (κ2) is 14.5. The molecule has 1 aliphatic carbocycles. The zero-order chi connectivity index (χ0) is 31.1. The minimum Gasteiger partial charge on any atom is -0.378 e. The van der Waals surface area contributed by atoms with Crippen LogP contribution in [0.15, 0.2) is 78.9 Å². The average molecular weight is 596 g/mol. The summed E-state index contributed by atoms with van der Waals surface area (Å²) in [5.74, 6) is 0.932. The molecule has 0 spiro atoms. The highest BCUT2D eigenvalue weighted by Crippen LogP contribution is 2.33. The molecule has 234 valence electrons. The number of urea groups is 1. The van der Waals surface area contributed by atoms with Crippen molar-refractivity contribution >= 4 is 11.8 Å². The Morgan fingerprint density at radius 2 is 1.43 bits per heavy atom. The van der Waals surface area contributed by atoms with E-state index in [2.05, 4.69) is 27.7 Å². The molecule has 1 aliphatic heterocycles. The lowest BCUT2D eigenvalue weighted by Gasteiger charge is -2.36. The van der Waals surface area contributed by atoms with Crippen LogP contribution < -0.4 is 10.6 Å². The lowest BCUT2D eigenvalue weighted by Crippen LogP contribution is -2.54. The van der Waals surface area contributed by atoms with Gasteiger partial charge in [-0.25, -0.2) is 4.79 Å². The van der Waals surface area contributed by atoms with Gasteiger partial charge in [-0.3, -0.25) is 4.79 Å². The van der Waals surface area contributed by atoms with Crippen molar-refractivity contribution in [1.29, 1.82) is 0 Å². The van der Waals surface area contributed by atoms with E-state index in [1.165, 1.54) is 17.5 Å². The molecule has 5 rings (SSSR count). The number of ketones is 1. The third kappa shape index (κ3) is 7.59. The molecule has 6 heteroatoms. The first-order valence-corrected chi connectivity index (χ1v) is 16.5. The van der Waals surface area contributed by atoms with E-state index in [1.54, 1.807) is 0 Å². The molecule has 2 aliphatic rings. The molecule has 1 fully saturated rings. The third-order valence-corrected chi connectivity index (χ3v) is 9.85. The standard InChI is InChI=1S/C38H49N3O3/c1-27(2)36(42)32-17-16-30-21-24-41(25-22-31(30)26-32)23-20-29-14-18-35(19-15-29)40-37(43)39-28(3)38(44,33-10-6-4-7-11-33)34-12-8-5-9-13-34/h4-13,16-17,26-29,35,44H,14-15,18-25H2,1-3H3,(H2,39,40,43). The van der Waals surface area contributed by atoms with Crippen molar-refractivity contribution in [2.24, 2.45) is 11.8 Å². The van der Waals surface area contributed by atoms with E-state index in [0.717, 1.165) is 74.8 Å². The highest BCUT2D eigenvalue weighted by Gasteiger charge is 2.38. The van der Waals surface area contributed by atoms with Gasteiger partial charge in [-0.2, -0.15) is 0 Å². The van der Waals surface area contributed by atoms with Crippen LogP contribution in [0.4, 0.5) is 4.79 Å². The van der Waals surface area contributed by atoms with Crippen LogP contribution in [-0.4, -0.2) is 53.5 Å². The highest BCUT2D eigenvalue weighted by atomic mass is 16.3. The Labute approximate surface area is 263 Å². The van der Waals surface area contributed by atoms with Crippen LogP contribution in [0.5, 0.6) is 0 Å². The number of rotatable bonds is 10. The Balaban J connectivity index is 1.07. The summed E-state index contributed by atoms with van der Waals surface area (Å²) in [6, 6.07) is 24.8. The fourth-order valence-corrected chi connectivity index (χ4v) is 7.02. The number of Topliss-reactive ketones (excluding diaryl/α,β-unsaturated/α-hetero) is 1. The molecule has 1 heterocycles. The van der Waals surface area contributed by atoms with Gasteiger partial charge in [0.25, 0.3) is 0 Å². The summed E-state index contributed by atoms with van der Waals surface area (Å²) in [5, 5.41) is 18.2. The van der Waals surface area contributed by atoms with Gasteiger partial charge in [-0.05, 0) is 92.7 Å². The minimum atomic E-state index is -1.35. The molecule has 0 saturated heterocycles. The second-order valence-electron chi connectivity index (χ2n) is 13.2. The van der Waals surface area contributed by atoms with Crippen LogP contribution in [0.1, 0.15) is 85.5 Å². The van der Waals surface area contributed by atoms with Gasteiger partial charge < -0.3 is 20.6 Å².